The second-order valence-electron chi connectivity index (χ2n) is 8.24. The van der Waals surface area contributed by atoms with Gasteiger partial charge in [0.15, 0.2) is 0 Å². The number of rotatable bonds is 5. The second kappa shape index (κ2) is 9.12. The first-order valence-electron chi connectivity index (χ1n) is 10.6. The van der Waals surface area contributed by atoms with E-state index in [0.717, 1.165) is 65.1 Å². The Labute approximate surface area is 189 Å². The van der Waals surface area contributed by atoms with E-state index < -0.39 is 0 Å². The maximum atomic E-state index is 6.30. The van der Waals surface area contributed by atoms with Crippen LogP contribution in [0.4, 0.5) is 28.8 Å². The van der Waals surface area contributed by atoms with Gasteiger partial charge in [-0.25, -0.2) is 4.98 Å². The largest absolute Gasteiger partial charge is 0.369 e. The molecule has 0 saturated carbocycles. The number of piperazine rings is 1. The molecule has 1 fully saturated rings. The highest BCUT2D eigenvalue weighted by molar-refractivity contribution is 6.32. The summed E-state index contributed by atoms with van der Waals surface area (Å²) in [5.41, 5.74) is 6.22. The van der Waals surface area contributed by atoms with Crippen molar-refractivity contribution in [3.63, 3.8) is 0 Å². The van der Waals surface area contributed by atoms with Gasteiger partial charge in [0.25, 0.3) is 0 Å². The minimum atomic E-state index is 0.558. The van der Waals surface area contributed by atoms with Gasteiger partial charge in [0.1, 0.15) is 5.82 Å². The van der Waals surface area contributed by atoms with E-state index in [4.69, 9.17) is 11.6 Å². The SMILES string of the molecule is Cc1cnc(Nc2ccc(N3CCN(C)CC3)cc2)nc1Nc1cc(C)c(Cl)c(C)c1. The summed E-state index contributed by atoms with van der Waals surface area (Å²) >= 11 is 6.30. The minimum Gasteiger partial charge on any atom is -0.369 e. The third-order valence-corrected chi connectivity index (χ3v) is 6.26. The third kappa shape index (κ3) is 5.09. The highest BCUT2D eigenvalue weighted by atomic mass is 35.5. The van der Waals surface area contributed by atoms with Crippen molar-refractivity contribution in [1.82, 2.24) is 14.9 Å². The van der Waals surface area contributed by atoms with E-state index in [9.17, 15) is 0 Å². The molecule has 0 spiro atoms. The normalized spacial score (nSPS) is 14.5. The fourth-order valence-electron chi connectivity index (χ4n) is 3.73. The Kier molecular flexibility index (Phi) is 6.30. The number of likely N-dealkylation sites (N-methyl/N-ethyl adjacent to an activating group) is 1. The molecule has 2 N–H and O–H groups in total. The third-order valence-electron chi connectivity index (χ3n) is 5.66. The van der Waals surface area contributed by atoms with Crippen molar-refractivity contribution in [2.75, 3.05) is 48.8 Å². The van der Waals surface area contributed by atoms with Crippen LogP contribution in [0.1, 0.15) is 16.7 Å². The Morgan fingerprint density at radius 2 is 1.48 bits per heavy atom. The van der Waals surface area contributed by atoms with Gasteiger partial charge >= 0.3 is 0 Å². The molecular formula is C24H29ClN6. The maximum Gasteiger partial charge on any atom is 0.229 e. The van der Waals surface area contributed by atoms with Crippen LogP contribution >= 0.6 is 11.6 Å². The molecule has 1 saturated heterocycles. The van der Waals surface area contributed by atoms with E-state index in [1.165, 1.54) is 5.69 Å². The molecular weight excluding hydrogens is 408 g/mol. The molecule has 0 aliphatic carbocycles. The Bertz CT molecular complexity index is 1040. The Hall–Kier alpha value is -2.83. The molecule has 0 unspecified atom stereocenters. The number of hydrogen-bond acceptors (Lipinski definition) is 6. The molecule has 7 heteroatoms. The summed E-state index contributed by atoms with van der Waals surface area (Å²) < 4.78 is 0. The predicted octanol–water partition coefficient (Wildman–Crippen LogP) is 5.29. The second-order valence-corrected chi connectivity index (χ2v) is 8.61. The van der Waals surface area contributed by atoms with E-state index in [2.05, 4.69) is 61.7 Å². The topological polar surface area (TPSA) is 56.3 Å². The number of halogens is 1. The van der Waals surface area contributed by atoms with Crippen molar-refractivity contribution in [1.29, 1.82) is 0 Å². The molecule has 1 aromatic heterocycles. The number of aromatic nitrogens is 2. The molecule has 0 amide bonds. The fraction of sp³-hybridized carbons (Fsp3) is 0.333. The molecule has 4 rings (SSSR count). The average Bonchev–Trinajstić information content (AvgIpc) is 2.75. The first-order valence-corrected chi connectivity index (χ1v) is 10.9. The predicted molar refractivity (Wildman–Crippen MR) is 130 cm³/mol. The van der Waals surface area contributed by atoms with Crippen LogP contribution in [-0.4, -0.2) is 48.1 Å². The molecule has 0 bridgehead atoms. The summed E-state index contributed by atoms with van der Waals surface area (Å²) in [7, 11) is 2.17. The van der Waals surface area contributed by atoms with Crippen LogP contribution in [0.3, 0.4) is 0 Å². The van der Waals surface area contributed by atoms with Gasteiger partial charge < -0.3 is 20.4 Å². The first-order chi connectivity index (χ1) is 14.9. The molecule has 162 valence electrons. The van der Waals surface area contributed by atoms with Crippen LogP contribution in [0.25, 0.3) is 0 Å². The van der Waals surface area contributed by atoms with Crippen LogP contribution in [0.5, 0.6) is 0 Å². The fourth-order valence-corrected chi connectivity index (χ4v) is 3.84. The molecule has 2 heterocycles. The molecule has 3 aromatic rings. The first kappa shape index (κ1) is 21.4. The average molecular weight is 437 g/mol. The lowest BCUT2D eigenvalue weighted by molar-refractivity contribution is 0.313. The monoisotopic (exact) mass is 436 g/mol. The van der Waals surface area contributed by atoms with Crippen molar-refractivity contribution in [2.45, 2.75) is 20.8 Å². The zero-order valence-corrected chi connectivity index (χ0v) is 19.3. The smallest absolute Gasteiger partial charge is 0.229 e. The van der Waals surface area contributed by atoms with Crippen LogP contribution in [0, 0.1) is 20.8 Å². The molecule has 1 aliphatic heterocycles. The number of anilines is 5. The summed E-state index contributed by atoms with van der Waals surface area (Å²) in [6, 6.07) is 12.5. The van der Waals surface area contributed by atoms with E-state index in [0.29, 0.717) is 5.95 Å². The standard InChI is InChI=1S/C24H29ClN6/c1-16-13-20(14-17(2)22(16)25)27-23-18(3)15-26-24(29-23)28-19-5-7-21(8-6-19)31-11-9-30(4)10-12-31/h5-8,13-15H,9-12H2,1-4H3,(H2,26,27,28,29). The summed E-state index contributed by atoms with van der Waals surface area (Å²) in [5, 5.41) is 7.52. The zero-order chi connectivity index (χ0) is 22.0. The number of aryl methyl sites for hydroxylation is 3. The molecule has 0 atom stereocenters. The van der Waals surface area contributed by atoms with Gasteiger partial charge in [-0.2, -0.15) is 4.98 Å². The van der Waals surface area contributed by atoms with Gasteiger partial charge in [0, 0.05) is 60.0 Å². The number of benzene rings is 2. The van der Waals surface area contributed by atoms with Crippen molar-refractivity contribution in [3.8, 4) is 0 Å². The van der Waals surface area contributed by atoms with Crippen molar-refractivity contribution >= 4 is 40.4 Å². The Morgan fingerprint density at radius 3 is 2.13 bits per heavy atom. The molecule has 1 aliphatic rings. The van der Waals surface area contributed by atoms with E-state index in [1.807, 2.05) is 39.1 Å². The van der Waals surface area contributed by atoms with E-state index >= 15 is 0 Å². The van der Waals surface area contributed by atoms with Crippen LogP contribution in [-0.2, 0) is 0 Å². The van der Waals surface area contributed by atoms with Gasteiger partial charge in [-0.05, 0) is 75.3 Å². The lowest BCUT2D eigenvalue weighted by Gasteiger charge is -2.34. The lowest BCUT2D eigenvalue weighted by atomic mass is 10.1. The Balaban J connectivity index is 1.47. The van der Waals surface area contributed by atoms with Crippen LogP contribution < -0.4 is 15.5 Å². The number of hydrogen-bond donors (Lipinski definition) is 2. The van der Waals surface area contributed by atoms with Gasteiger partial charge in [0.05, 0.1) is 0 Å². The van der Waals surface area contributed by atoms with Crippen LogP contribution in [0.2, 0.25) is 5.02 Å². The lowest BCUT2D eigenvalue weighted by Crippen LogP contribution is -2.44. The highest BCUT2D eigenvalue weighted by Crippen LogP contribution is 2.28. The summed E-state index contributed by atoms with van der Waals surface area (Å²) in [5.74, 6) is 1.33. The summed E-state index contributed by atoms with van der Waals surface area (Å²) in [6.07, 6.45) is 1.83. The zero-order valence-electron chi connectivity index (χ0n) is 18.5. The van der Waals surface area contributed by atoms with E-state index in [1.54, 1.807) is 0 Å². The van der Waals surface area contributed by atoms with Crippen molar-refractivity contribution in [3.05, 3.63) is 64.3 Å². The summed E-state index contributed by atoms with van der Waals surface area (Å²) in [6.45, 7) is 10.3. The van der Waals surface area contributed by atoms with Crippen molar-refractivity contribution < 1.29 is 0 Å². The number of nitrogens with zero attached hydrogens (tertiary/aromatic N) is 4. The highest BCUT2D eigenvalue weighted by Gasteiger charge is 2.14. The minimum absolute atomic E-state index is 0.558. The van der Waals surface area contributed by atoms with Gasteiger partial charge in [-0.3, -0.25) is 0 Å². The molecule has 2 aromatic carbocycles. The van der Waals surface area contributed by atoms with Gasteiger partial charge in [0.2, 0.25) is 5.95 Å². The summed E-state index contributed by atoms with van der Waals surface area (Å²) in [4.78, 5) is 13.9. The van der Waals surface area contributed by atoms with Crippen molar-refractivity contribution in [2.24, 2.45) is 0 Å². The van der Waals surface area contributed by atoms with Gasteiger partial charge in [-0.1, -0.05) is 11.6 Å². The molecule has 0 radical (unpaired) electrons. The molecule has 31 heavy (non-hydrogen) atoms. The number of nitrogens with one attached hydrogen (secondary N) is 2. The quantitative estimate of drug-likeness (QED) is 0.566. The van der Waals surface area contributed by atoms with E-state index in [-0.39, 0.29) is 0 Å². The molecule has 6 nitrogen and oxygen atoms in total. The Morgan fingerprint density at radius 1 is 0.839 bits per heavy atom. The maximum absolute atomic E-state index is 6.30. The van der Waals surface area contributed by atoms with Crippen LogP contribution in [0.15, 0.2) is 42.6 Å². The van der Waals surface area contributed by atoms with Gasteiger partial charge in [-0.15, -0.1) is 0 Å².